The minimum atomic E-state index is -0.227. The van der Waals surface area contributed by atoms with Crippen molar-refractivity contribution in [3.05, 3.63) is 0 Å². The molecule has 0 aromatic carbocycles. The summed E-state index contributed by atoms with van der Waals surface area (Å²) in [6.07, 6.45) is 1.69. The molecule has 1 fully saturated rings. The van der Waals surface area contributed by atoms with E-state index in [1.165, 1.54) is 0 Å². The van der Waals surface area contributed by atoms with Crippen molar-refractivity contribution in [3.63, 3.8) is 0 Å². The number of carbonyl (C=O) groups is 1. The number of morpholine rings is 1. The molecule has 0 radical (unpaired) electrons. The summed E-state index contributed by atoms with van der Waals surface area (Å²) in [6, 6.07) is 0.0700. The molecule has 0 bridgehead atoms. The number of hydrogen-bond acceptors (Lipinski definition) is 3. The third-order valence-electron chi connectivity index (χ3n) is 4.09. The first-order valence-corrected chi connectivity index (χ1v) is 7.46. The van der Waals surface area contributed by atoms with E-state index in [0.717, 1.165) is 12.8 Å². The molecular weight excluding hydrogens is 256 g/mol. The number of urea groups is 1. The van der Waals surface area contributed by atoms with Gasteiger partial charge in [0.05, 0.1) is 24.4 Å². The van der Waals surface area contributed by atoms with Gasteiger partial charge >= 0.3 is 6.03 Å². The lowest BCUT2D eigenvalue weighted by atomic mass is 9.99. The van der Waals surface area contributed by atoms with Gasteiger partial charge in [-0.15, -0.1) is 0 Å². The van der Waals surface area contributed by atoms with E-state index < -0.39 is 0 Å². The average molecular weight is 286 g/mol. The van der Waals surface area contributed by atoms with Crippen LogP contribution in [0.5, 0.6) is 0 Å². The van der Waals surface area contributed by atoms with Gasteiger partial charge in [0.15, 0.2) is 0 Å². The van der Waals surface area contributed by atoms with E-state index in [-0.39, 0.29) is 23.3 Å². The second-order valence-corrected chi connectivity index (χ2v) is 6.59. The second-order valence-electron chi connectivity index (χ2n) is 6.59. The molecule has 2 unspecified atom stereocenters. The normalized spacial score (nSPS) is 25.4. The Hall–Kier alpha value is -0.810. The molecule has 0 aliphatic carbocycles. The van der Waals surface area contributed by atoms with E-state index in [9.17, 15) is 4.79 Å². The highest BCUT2D eigenvalue weighted by Crippen LogP contribution is 2.21. The van der Waals surface area contributed by atoms with E-state index in [1.807, 2.05) is 25.7 Å². The summed E-state index contributed by atoms with van der Waals surface area (Å²) in [4.78, 5) is 14.2. The summed E-state index contributed by atoms with van der Waals surface area (Å²) in [5.41, 5.74) is -0.444. The van der Waals surface area contributed by atoms with Crippen molar-refractivity contribution < 1.29 is 14.3 Å². The SMILES string of the molecule is CCC1(C)CN(C(=O)NC(C)CC(C)(C)OC)CCO1. The zero-order valence-electron chi connectivity index (χ0n) is 13.8. The van der Waals surface area contributed by atoms with Crippen LogP contribution in [0.4, 0.5) is 4.79 Å². The fraction of sp³-hybridized carbons (Fsp3) is 0.933. The van der Waals surface area contributed by atoms with Crippen LogP contribution in [0, 0.1) is 0 Å². The van der Waals surface area contributed by atoms with E-state index in [0.29, 0.717) is 19.7 Å². The minimum Gasteiger partial charge on any atom is -0.379 e. The summed E-state index contributed by atoms with van der Waals surface area (Å²) >= 11 is 0. The predicted molar refractivity (Wildman–Crippen MR) is 79.9 cm³/mol. The molecule has 0 aromatic rings. The Morgan fingerprint density at radius 3 is 2.75 bits per heavy atom. The summed E-state index contributed by atoms with van der Waals surface area (Å²) in [5.74, 6) is 0. The summed E-state index contributed by atoms with van der Waals surface area (Å²) in [6.45, 7) is 12.1. The van der Waals surface area contributed by atoms with Gasteiger partial charge in [-0.1, -0.05) is 6.92 Å². The molecule has 1 heterocycles. The van der Waals surface area contributed by atoms with Crippen molar-refractivity contribution in [1.29, 1.82) is 0 Å². The number of nitrogens with one attached hydrogen (secondary N) is 1. The van der Waals surface area contributed by atoms with Crippen LogP contribution in [0.3, 0.4) is 0 Å². The maximum atomic E-state index is 12.3. The monoisotopic (exact) mass is 286 g/mol. The van der Waals surface area contributed by atoms with Crippen molar-refractivity contribution in [2.75, 3.05) is 26.8 Å². The highest BCUT2D eigenvalue weighted by Gasteiger charge is 2.33. The standard InChI is InChI=1S/C15H30N2O3/c1-7-15(5)11-17(8-9-20-15)13(18)16-12(2)10-14(3,4)19-6/h12H,7-11H2,1-6H3,(H,16,18). The van der Waals surface area contributed by atoms with Crippen molar-refractivity contribution in [2.24, 2.45) is 0 Å². The molecule has 1 aliphatic heterocycles. The van der Waals surface area contributed by atoms with Gasteiger partial charge in [-0.2, -0.15) is 0 Å². The van der Waals surface area contributed by atoms with Crippen molar-refractivity contribution in [1.82, 2.24) is 10.2 Å². The minimum absolute atomic E-state index is 0.00706. The van der Waals surface area contributed by atoms with E-state index in [4.69, 9.17) is 9.47 Å². The Bertz CT molecular complexity index is 333. The number of hydrogen-bond donors (Lipinski definition) is 1. The van der Waals surface area contributed by atoms with Gasteiger partial charge in [0.2, 0.25) is 0 Å². The Balaban J connectivity index is 2.50. The van der Waals surface area contributed by atoms with Crippen LogP contribution in [0.1, 0.15) is 47.5 Å². The van der Waals surface area contributed by atoms with Crippen molar-refractivity contribution >= 4 is 6.03 Å². The maximum Gasteiger partial charge on any atom is 0.317 e. The lowest BCUT2D eigenvalue weighted by Crippen LogP contribution is -2.56. The molecule has 0 spiro atoms. The largest absolute Gasteiger partial charge is 0.379 e. The summed E-state index contributed by atoms with van der Waals surface area (Å²) in [7, 11) is 1.70. The second kappa shape index (κ2) is 6.76. The molecule has 0 saturated carbocycles. The predicted octanol–water partition coefficient (Wildman–Crippen LogP) is 2.40. The third kappa shape index (κ3) is 4.94. The van der Waals surface area contributed by atoms with Gasteiger partial charge in [0.1, 0.15) is 0 Å². The van der Waals surface area contributed by atoms with Crippen molar-refractivity contribution in [3.8, 4) is 0 Å². The molecule has 2 atom stereocenters. The molecule has 1 saturated heterocycles. The molecule has 1 N–H and O–H groups in total. The van der Waals surface area contributed by atoms with E-state index >= 15 is 0 Å². The number of rotatable bonds is 5. The number of amides is 2. The average Bonchev–Trinajstić information content (AvgIpc) is 2.38. The smallest absolute Gasteiger partial charge is 0.317 e. The van der Waals surface area contributed by atoms with Crippen LogP contribution < -0.4 is 5.32 Å². The highest BCUT2D eigenvalue weighted by atomic mass is 16.5. The first-order chi connectivity index (χ1) is 9.21. The first-order valence-electron chi connectivity index (χ1n) is 7.46. The molecule has 0 aromatic heterocycles. The zero-order chi connectivity index (χ0) is 15.4. The molecule has 2 amide bonds. The summed E-state index contributed by atoms with van der Waals surface area (Å²) in [5, 5.41) is 3.05. The molecule has 5 nitrogen and oxygen atoms in total. The lowest BCUT2D eigenvalue weighted by Gasteiger charge is -2.40. The number of carbonyl (C=O) groups excluding carboxylic acids is 1. The number of methoxy groups -OCH3 is 1. The van der Waals surface area contributed by atoms with E-state index in [1.54, 1.807) is 7.11 Å². The Morgan fingerprint density at radius 1 is 1.55 bits per heavy atom. The molecule has 1 rings (SSSR count). The van der Waals surface area contributed by atoms with Gasteiger partial charge < -0.3 is 19.7 Å². The van der Waals surface area contributed by atoms with Gasteiger partial charge in [-0.05, 0) is 40.5 Å². The van der Waals surface area contributed by atoms with Crippen LogP contribution in [-0.4, -0.2) is 55.0 Å². The van der Waals surface area contributed by atoms with Crippen LogP contribution in [-0.2, 0) is 9.47 Å². The quantitative estimate of drug-likeness (QED) is 0.844. The zero-order valence-corrected chi connectivity index (χ0v) is 13.8. The van der Waals surface area contributed by atoms with Crippen LogP contribution >= 0.6 is 0 Å². The third-order valence-corrected chi connectivity index (χ3v) is 4.09. The van der Waals surface area contributed by atoms with Gasteiger partial charge in [-0.3, -0.25) is 0 Å². The van der Waals surface area contributed by atoms with Crippen LogP contribution in [0.25, 0.3) is 0 Å². The van der Waals surface area contributed by atoms with Crippen LogP contribution in [0.15, 0.2) is 0 Å². The van der Waals surface area contributed by atoms with Gasteiger partial charge in [0.25, 0.3) is 0 Å². The number of nitrogens with zero attached hydrogens (tertiary/aromatic N) is 1. The lowest BCUT2D eigenvalue weighted by molar-refractivity contribution is -0.0876. The van der Waals surface area contributed by atoms with Crippen LogP contribution in [0.2, 0.25) is 0 Å². The molecule has 118 valence electrons. The molecular formula is C15H30N2O3. The molecule has 5 heteroatoms. The van der Waals surface area contributed by atoms with Gasteiger partial charge in [0, 0.05) is 19.7 Å². The first kappa shape index (κ1) is 17.2. The van der Waals surface area contributed by atoms with Crippen molar-refractivity contribution in [2.45, 2.75) is 64.7 Å². The topological polar surface area (TPSA) is 50.8 Å². The summed E-state index contributed by atoms with van der Waals surface area (Å²) < 4.78 is 11.2. The fourth-order valence-corrected chi connectivity index (χ4v) is 2.49. The Morgan fingerprint density at radius 2 is 2.20 bits per heavy atom. The number of ether oxygens (including phenoxy) is 2. The molecule has 1 aliphatic rings. The molecule has 20 heavy (non-hydrogen) atoms. The van der Waals surface area contributed by atoms with E-state index in [2.05, 4.69) is 19.2 Å². The van der Waals surface area contributed by atoms with Gasteiger partial charge in [-0.25, -0.2) is 4.79 Å². The highest BCUT2D eigenvalue weighted by molar-refractivity contribution is 5.74. The Kier molecular flexibility index (Phi) is 5.83. The fourth-order valence-electron chi connectivity index (χ4n) is 2.49. The Labute approximate surface area is 123 Å². The maximum absolute atomic E-state index is 12.3.